The lowest BCUT2D eigenvalue weighted by Gasteiger charge is -2.08. The smallest absolute Gasteiger partial charge is 0.137 e. The Balaban J connectivity index is 2.53. The van der Waals surface area contributed by atoms with Crippen LogP contribution in [0.3, 0.4) is 0 Å². The van der Waals surface area contributed by atoms with Crippen LogP contribution in [0.15, 0.2) is 24.5 Å². The Morgan fingerprint density at radius 1 is 1.27 bits per heavy atom. The molecule has 0 fully saturated rings. The van der Waals surface area contributed by atoms with Gasteiger partial charge in [-0.15, -0.1) is 0 Å². The van der Waals surface area contributed by atoms with Crippen molar-refractivity contribution in [1.82, 2.24) is 9.97 Å². The van der Waals surface area contributed by atoms with Crippen LogP contribution in [0, 0.1) is 6.92 Å². The van der Waals surface area contributed by atoms with Gasteiger partial charge in [-0.3, -0.25) is 0 Å². The average Bonchev–Trinajstić information content (AvgIpc) is 2.26. The van der Waals surface area contributed by atoms with Crippen molar-refractivity contribution in [3.8, 4) is 0 Å². The lowest BCUT2D eigenvalue weighted by Crippen LogP contribution is -2.03. The SMILES string of the molecule is CCCNc1ncnc2cccc(C)c12. The van der Waals surface area contributed by atoms with Gasteiger partial charge in [-0.2, -0.15) is 0 Å². The van der Waals surface area contributed by atoms with Crippen LogP contribution in [-0.4, -0.2) is 16.5 Å². The van der Waals surface area contributed by atoms with Gasteiger partial charge in [0, 0.05) is 11.9 Å². The van der Waals surface area contributed by atoms with Crippen molar-refractivity contribution >= 4 is 16.7 Å². The molecule has 0 aliphatic rings. The number of nitrogens with zero attached hydrogens (tertiary/aromatic N) is 2. The molecule has 78 valence electrons. The van der Waals surface area contributed by atoms with E-state index in [9.17, 15) is 0 Å². The van der Waals surface area contributed by atoms with Gasteiger partial charge < -0.3 is 5.32 Å². The molecule has 0 unspecified atom stereocenters. The minimum absolute atomic E-state index is 0.944. The molecule has 2 aromatic rings. The number of aryl methyl sites for hydroxylation is 1. The molecule has 0 amide bonds. The maximum atomic E-state index is 4.28. The number of anilines is 1. The van der Waals surface area contributed by atoms with Crippen LogP contribution in [0.1, 0.15) is 18.9 Å². The van der Waals surface area contributed by atoms with Crippen LogP contribution >= 0.6 is 0 Å². The van der Waals surface area contributed by atoms with Crippen molar-refractivity contribution in [2.24, 2.45) is 0 Å². The van der Waals surface area contributed by atoms with Crippen molar-refractivity contribution < 1.29 is 0 Å². The summed E-state index contributed by atoms with van der Waals surface area (Å²) >= 11 is 0. The number of aromatic nitrogens is 2. The first-order valence-electron chi connectivity index (χ1n) is 5.27. The molecular formula is C12H15N3. The topological polar surface area (TPSA) is 37.8 Å². The minimum atomic E-state index is 0.944. The third-order valence-electron chi connectivity index (χ3n) is 2.41. The van der Waals surface area contributed by atoms with Crippen LogP contribution < -0.4 is 5.32 Å². The first kappa shape index (κ1) is 9.90. The van der Waals surface area contributed by atoms with E-state index >= 15 is 0 Å². The Bertz CT molecular complexity index is 460. The molecule has 1 heterocycles. The van der Waals surface area contributed by atoms with Crippen molar-refractivity contribution in [3.05, 3.63) is 30.1 Å². The molecule has 0 saturated carbocycles. The molecule has 0 aliphatic heterocycles. The second-order valence-electron chi connectivity index (χ2n) is 3.62. The predicted octanol–water partition coefficient (Wildman–Crippen LogP) is 2.76. The molecule has 0 spiro atoms. The molecule has 15 heavy (non-hydrogen) atoms. The van der Waals surface area contributed by atoms with E-state index in [1.807, 2.05) is 12.1 Å². The lowest BCUT2D eigenvalue weighted by molar-refractivity contribution is 0.969. The zero-order valence-electron chi connectivity index (χ0n) is 9.12. The summed E-state index contributed by atoms with van der Waals surface area (Å²) in [4.78, 5) is 8.54. The van der Waals surface area contributed by atoms with Crippen molar-refractivity contribution in [1.29, 1.82) is 0 Å². The first-order chi connectivity index (χ1) is 7.33. The molecule has 0 bridgehead atoms. The van der Waals surface area contributed by atoms with Gasteiger partial charge in [0.2, 0.25) is 0 Å². The number of fused-ring (bicyclic) bond motifs is 1. The fourth-order valence-electron chi connectivity index (χ4n) is 1.66. The maximum Gasteiger partial charge on any atom is 0.137 e. The van der Waals surface area contributed by atoms with Crippen LogP contribution in [0.25, 0.3) is 10.9 Å². The van der Waals surface area contributed by atoms with E-state index in [2.05, 4.69) is 35.2 Å². The van der Waals surface area contributed by atoms with Gasteiger partial charge in [-0.05, 0) is 25.0 Å². The molecular weight excluding hydrogens is 186 g/mol. The summed E-state index contributed by atoms with van der Waals surface area (Å²) in [5.41, 5.74) is 2.22. The molecule has 1 aromatic carbocycles. The molecule has 3 heteroatoms. The summed E-state index contributed by atoms with van der Waals surface area (Å²) in [7, 11) is 0. The molecule has 1 N–H and O–H groups in total. The second kappa shape index (κ2) is 4.26. The molecule has 0 aliphatic carbocycles. The second-order valence-corrected chi connectivity index (χ2v) is 3.62. The van der Waals surface area contributed by atoms with Gasteiger partial charge in [-0.25, -0.2) is 9.97 Å². The molecule has 3 nitrogen and oxygen atoms in total. The first-order valence-corrected chi connectivity index (χ1v) is 5.27. The van der Waals surface area contributed by atoms with E-state index in [0.717, 1.165) is 29.7 Å². The standard InChI is InChI=1S/C12H15N3/c1-3-7-13-12-11-9(2)5-4-6-10(11)14-8-15-12/h4-6,8H,3,7H2,1-2H3,(H,13,14,15). The molecule has 0 saturated heterocycles. The largest absolute Gasteiger partial charge is 0.369 e. The summed E-state index contributed by atoms with van der Waals surface area (Å²) in [5, 5.41) is 4.46. The number of rotatable bonds is 3. The van der Waals surface area contributed by atoms with Gasteiger partial charge >= 0.3 is 0 Å². The van der Waals surface area contributed by atoms with Gasteiger partial charge in [-0.1, -0.05) is 19.1 Å². The van der Waals surface area contributed by atoms with E-state index in [1.54, 1.807) is 6.33 Å². The number of nitrogens with one attached hydrogen (secondary N) is 1. The van der Waals surface area contributed by atoms with Crippen LogP contribution in [0.4, 0.5) is 5.82 Å². The normalized spacial score (nSPS) is 10.5. The molecule has 2 rings (SSSR count). The van der Waals surface area contributed by atoms with Gasteiger partial charge in [0.15, 0.2) is 0 Å². The highest BCUT2D eigenvalue weighted by atomic mass is 15.0. The number of hydrogen-bond donors (Lipinski definition) is 1. The third kappa shape index (κ3) is 1.91. The van der Waals surface area contributed by atoms with E-state index in [1.165, 1.54) is 5.56 Å². The van der Waals surface area contributed by atoms with E-state index in [0.29, 0.717) is 0 Å². The third-order valence-corrected chi connectivity index (χ3v) is 2.41. The average molecular weight is 201 g/mol. The summed E-state index contributed by atoms with van der Waals surface area (Å²) in [6.07, 6.45) is 2.71. The van der Waals surface area contributed by atoms with Crippen molar-refractivity contribution in [3.63, 3.8) is 0 Å². The Morgan fingerprint density at radius 2 is 2.13 bits per heavy atom. The summed E-state index contributed by atoms with van der Waals surface area (Å²) in [6.45, 7) is 5.17. The molecule has 0 radical (unpaired) electrons. The Hall–Kier alpha value is -1.64. The molecule has 1 aromatic heterocycles. The zero-order valence-corrected chi connectivity index (χ0v) is 9.12. The van der Waals surface area contributed by atoms with Gasteiger partial charge in [0.25, 0.3) is 0 Å². The van der Waals surface area contributed by atoms with Gasteiger partial charge in [0.1, 0.15) is 12.1 Å². The van der Waals surface area contributed by atoms with E-state index in [-0.39, 0.29) is 0 Å². The van der Waals surface area contributed by atoms with Crippen molar-refractivity contribution in [2.75, 3.05) is 11.9 Å². The van der Waals surface area contributed by atoms with Crippen molar-refractivity contribution in [2.45, 2.75) is 20.3 Å². The van der Waals surface area contributed by atoms with E-state index in [4.69, 9.17) is 0 Å². The fraction of sp³-hybridized carbons (Fsp3) is 0.333. The lowest BCUT2D eigenvalue weighted by atomic mass is 10.1. The van der Waals surface area contributed by atoms with Crippen LogP contribution in [0.5, 0.6) is 0 Å². The monoisotopic (exact) mass is 201 g/mol. The fourth-order valence-corrected chi connectivity index (χ4v) is 1.66. The van der Waals surface area contributed by atoms with Gasteiger partial charge in [0.05, 0.1) is 5.52 Å². The highest BCUT2D eigenvalue weighted by Gasteiger charge is 2.04. The number of benzene rings is 1. The Labute approximate surface area is 89.6 Å². The predicted molar refractivity (Wildman–Crippen MR) is 63.1 cm³/mol. The Morgan fingerprint density at radius 3 is 2.93 bits per heavy atom. The maximum absolute atomic E-state index is 4.28. The Kier molecular flexibility index (Phi) is 2.81. The molecule has 0 atom stereocenters. The van der Waals surface area contributed by atoms with E-state index < -0.39 is 0 Å². The highest BCUT2D eigenvalue weighted by Crippen LogP contribution is 2.22. The summed E-state index contributed by atoms with van der Waals surface area (Å²) in [5.74, 6) is 0.944. The van der Waals surface area contributed by atoms with Crippen LogP contribution in [-0.2, 0) is 0 Å². The summed E-state index contributed by atoms with van der Waals surface area (Å²) in [6, 6.07) is 6.12. The zero-order chi connectivity index (χ0) is 10.7. The minimum Gasteiger partial charge on any atom is -0.369 e. The highest BCUT2D eigenvalue weighted by molar-refractivity contribution is 5.91. The van der Waals surface area contributed by atoms with Crippen LogP contribution in [0.2, 0.25) is 0 Å². The summed E-state index contributed by atoms with van der Waals surface area (Å²) < 4.78 is 0. The quantitative estimate of drug-likeness (QED) is 0.829. The number of hydrogen-bond acceptors (Lipinski definition) is 3.